The Morgan fingerprint density at radius 1 is 1.05 bits per heavy atom. The predicted octanol–water partition coefficient (Wildman–Crippen LogP) is 7.20. The van der Waals surface area contributed by atoms with E-state index in [1.165, 1.54) is 0 Å². The zero-order valence-electron chi connectivity index (χ0n) is 20.7. The molecule has 1 aromatic heterocycles. The standard InChI is InChI=1S/C28H26F6N4S/c1-2-16-15-38-10-8-17(16)11-24(38)25(22-7-9-35-23-6-4-3-5-21(22)23)37-26(39)36-20-13-18(27(29,30)31)12-19(14-20)28(32,33)34/h2-7,9,12-14,16-17,24-25H,1,8,10-11,15H2,(H2,36,37,39)/t16-,17-,24-,25+/m0/s1. The van der Waals surface area contributed by atoms with E-state index in [1.54, 1.807) is 6.20 Å². The molecule has 0 spiro atoms. The highest BCUT2D eigenvalue weighted by molar-refractivity contribution is 7.80. The summed E-state index contributed by atoms with van der Waals surface area (Å²) in [6, 6.07) is 10.4. The number of para-hydroxylation sites is 1. The molecule has 2 N–H and O–H groups in total. The maximum absolute atomic E-state index is 13.4. The number of thiocarbonyl (C=S) groups is 1. The molecule has 2 aromatic carbocycles. The van der Waals surface area contributed by atoms with Gasteiger partial charge >= 0.3 is 12.4 Å². The lowest BCUT2D eigenvalue weighted by molar-refractivity contribution is -0.143. The van der Waals surface area contributed by atoms with Gasteiger partial charge in [0.15, 0.2) is 5.11 Å². The predicted molar refractivity (Wildman–Crippen MR) is 142 cm³/mol. The molecule has 1 unspecified atom stereocenters. The van der Waals surface area contributed by atoms with Crippen molar-refractivity contribution in [1.82, 2.24) is 15.2 Å². The van der Waals surface area contributed by atoms with Crippen LogP contribution < -0.4 is 10.6 Å². The molecule has 206 valence electrons. The molecule has 3 aliphatic rings. The summed E-state index contributed by atoms with van der Waals surface area (Å²) in [4.78, 5) is 6.79. The van der Waals surface area contributed by atoms with Crippen LogP contribution in [0.25, 0.3) is 10.9 Å². The van der Waals surface area contributed by atoms with Crippen molar-refractivity contribution in [3.8, 4) is 0 Å². The van der Waals surface area contributed by atoms with Crippen molar-refractivity contribution in [3.63, 3.8) is 0 Å². The molecule has 11 heteroatoms. The quantitative estimate of drug-likeness (QED) is 0.195. The summed E-state index contributed by atoms with van der Waals surface area (Å²) in [5, 5.41) is 6.65. The summed E-state index contributed by atoms with van der Waals surface area (Å²) < 4.78 is 80.3. The number of rotatable bonds is 5. The minimum Gasteiger partial charge on any atom is -0.354 e. The highest BCUT2D eigenvalue weighted by Crippen LogP contribution is 2.42. The Labute approximate surface area is 227 Å². The van der Waals surface area contributed by atoms with Crippen LogP contribution in [0, 0.1) is 11.8 Å². The molecule has 5 atom stereocenters. The number of fused-ring (bicyclic) bond motifs is 4. The van der Waals surface area contributed by atoms with Gasteiger partial charge in [-0.25, -0.2) is 0 Å². The Hall–Kier alpha value is -3.18. The first-order valence-electron chi connectivity index (χ1n) is 12.5. The van der Waals surface area contributed by atoms with E-state index in [0.29, 0.717) is 24.0 Å². The third-order valence-corrected chi connectivity index (χ3v) is 7.91. The Balaban J connectivity index is 1.48. The molecule has 4 heterocycles. The normalized spacial score (nSPS) is 23.8. The number of halogens is 6. The SMILES string of the molecule is C=C[C@H]1CN2CC[C@H]1C[C@H]2[C@H](NC(=S)Nc1cc(C(F)(F)F)cc(C(F)(F)F)c1)c1ccnc2ccccc12. The number of aromatic nitrogens is 1. The summed E-state index contributed by atoms with van der Waals surface area (Å²) in [6.07, 6.45) is -4.37. The first-order chi connectivity index (χ1) is 18.4. The molecule has 39 heavy (non-hydrogen) atoms. The number of hydrogen-bond donors (Lipinski definition) is 2. The molecule has 3 aromatic rings. The monoisotopic (exact) mass is 564 g/mol. The van der Waals surface area contributed by atoms with Gasteiger partial charge in [-0.1, -0.05) is 24.3 Å². The van der Waals surface area contributed by atoms with E-state index in [-0.39, 0.29) is 23.3 Å². The van der Waals surface area contributed by atoms with E-state index in [0.717, 1.165) is 42.4 Å². The second-order valence-electron chi connectivity index (χ2n) is 10.0. The van der Waals surface area contributed by atoms with Crippen LogP contribution in [0.2, 0.25) is 0 Å². The Kier molecular flexibility index (Phi) is 7.32. The van der Waals surface area contributed by atoms with Gasteiger partial charge in [-0.15, -0.1) is 6.58 Å². The highest BCUT2D eigenvalue weighted by atomic mass is 32.1. The van der Waals surface area contributed by atoms with Crippen molar-refractivity contribution in [1.29, 1.82) is 0 Å². The number of piperidine rings is 3. The molecule has 3 fully saturated rings. The van der Waals surface area contributed by atoms with Gasteiger partial charge in [0, 0.05) is 29.9 Å². The fourth-order valence-electron chi connectivity index (χ4n) is 5.83. The zero-order valence-corrected chi connectivity index (χ0v) is 21.5. The number of alkyl halides is 6. The lowest BCUT2D eigenvalue weighted by Crippen LogP contribution is -2.57. The summed E-state index contributed by atoms with van der Waals surface area (Å²) in [7, 11) is 0. The average molecular weight is 565 g/mol. The largest absolute Gasteiger partial charge is 0.416 e. The minimum absolute atomic E-state index is 0.00208. The topological polar surface area (TPSA) is 40.2 Å². The molecule has 0 amide bonds. The van der Waals surface area contributed by atoms with Gasteiger partial charge in [-0.2, -0.15) is 26.3 Å². The fraction of sp³-hybridized carbons (Fsp3) is 0.357. The maximum atomic E-state index is 13.4. The summed E-state index contributed by atoms with van der Waals surface area (Å²) in [5.41, 5.74) is -1.55. The van der Waals surface area contributed by atoms with Gasteiger partial charge in [0.25, 0.3) is 0 Å². The van der Waals surface area contributed by atoms with Crippen LogP contribution >= 0.6 is 12.2 Å². The van der Waals surface area contributed by atoms with Gasteiger partial charge < -0.3 is 10.6 Å². The molecule has 0 saturated carbocycles. The number of nitrogens with one attached hydrogen (secondary N) is 2. The lowest BCUT2D eigenvalue weighted by atomic mass is 9.73. The lowest BCUT2D eigenvalue weighted by Gasteiger charge is -2.52. The minimum atomic E-state index is -4.96. The zero-order chi connectivity index (χ0) is 27.9. The van der Waals surface area contributed by atoms with Crippen LogP contribution in [0.5, 0.6) is 0 Å². The van der Waals surface area contributed by atoms with E-state index in [2.05, 4.69) is 27.1 Å². The molecule has 4 nitrogen and oxygen atoms in total. The molecular formula is C28H26F6N4S. The van der Waals surface area contributed by atoms with Crippen molar-refractivity contribution < 1.29 is 26.3 Å². The van der Waals surface area contributed by atoms with E-state index in [4.69, 9.17) is 12.2 Å². The van der Waals surface area contributed by atoms with Crippen molar-refractivity contribution in [2.24, 2.45) is 11.8 Å². The van der Waals surface area contributed by atoms with E-state index in [1.807, 2.05) is 36.4 Å². The first kappa shape index (κ1) is 27.4. The number of hydrogen-bond acceptors (Lipinski definition) is 3. The second kappa shape index (κ2) is 10.4. The van der Waals surface area contributed by atoms with Crippen molar-refractivity contribution >= 4 is 33.9 Å². The smallest absolute Gasteiger partial charge is 0.354 e. The van der Waals surface area contributed by atoms with Crippen LogP contribution in [0.4, 0.5) is 32.0 Å². The highest BCUT2D eigenvalue weighted by Gasteiger charge is 2.43. The van der Waals surface area contributed by atoms with Crippen molar-refractivity contribution in [2.75, 3.05) is 18.4 Å². The third-order valence-electron chi connectivity index (χ3n) is 7.69. The van der Waals surface area contributed by atoms with E-state index < -0.39 is 29.2 Å². The van der Waals surface area contributed by atoms with Crippen LogP contribution in [-0.4, -0.2) is 34.1 Å². The van der Waals surface area contributed by atoms with Gasteiger partial charge in [-0.3, -0.25) is 9.88 Å². The molecule has 2 bridgehead atoms. The molecular weight excluding hydrogens is 538 g/mol. The van der Waals surface area contributed by atoms with E-state index in [9.17, 15) is 26.3 Å². The summed E-state index contributed by atoms with van der Waals surface area (Å²) in [5.74, 6) is 0.787. The number of nitrogens with zero attached hydrogens (tertiary/aromatic N) is 2. The summed E-state index contributed by atoms with van der Waals surface area (Å²) in [6.45, 7) is 5.68. The molecule has 0 radical (unpaired) electrons. The van der Waals surface area contributed by atoms with Crippen LogP contribution in [0.15, 0.2) is 67.4 Å². The average Bonchev–Trinajstić information content (AvgIpc) is 2.90. The van der Waals surface area contributed by atoms with Gasteiger partial charge in [0.2, 0.25) is 0 Å². The van der Waals surface area contributed by atoms with Gasteiger partial charge in [0.1, 0.15) is 0 Å². The van der Waals surface area contributed by atoms with Gasteiger partial charge in [0.05, 0.1) is 22.7 Å². The van der Waals surface area contributed by atoms with Crippen molar-refractivity contribution in [2.45, 2.75) is 37.3 Å². The number of pyridine rings is 1. The Morgan fingerprint density at radius 3 is 2.36 bits per heavy atom. The summed E-state index contributed by atoms with van der Waals surface area (Å²) >= 11 is 5.47. The van der Waals surface area contributed by atoms with E-state index >= 15 is 0 Å². The Bertz CT molecular complexity index is 1350. The maximum Gasteiger partial charge on any atom is 0.416 e. The number of benzene rings is 2. The van der Waals surface area contributed by atoms with Crippen LogP contribution in [0.1, 0.15) is 35.6 Å². The molecule has 3 saturated heterocycles. The third kappa shape index (κ3) is 5.74. The van der Waals surface area contributed by atoms with Gasteiger partial charge in [-0.05, 0) is 79.3 Å². The Morgan fingerprint density at radius 2 is 1.74 bits per heavy atom. The van der Waals surface area contributed by atoms with Crippen molar-refractivity contribution in [3.05, 3.63) is 84.1 Å². The number of anilines is 1. The molecule has 0 aliphatic carbocycles. The molecule has 3 aliphatic heterocycles. The van der Waals surface area contributed by atoms with Crippen LogP contribution in [0.3, 0.4) is 0 Å². The fourth-order valence-corrected chi connectivity index (χ4v) is 6.07. The first-order valence-corrected chi connectivity index (χ1v) is 12.9. The molecule has 6 rings (SSSR count). The van der Waals surface area contributed by atoms with Crippen LogP contribution in [-0.2, 0) is 12.4 Å². The second-order valence-corrected chi connectivity index (χ2v) is 10.4.